The average Bonchev–Trinajstić information content (AvgIpc) is 3.00. The zero-order chi connectivity index (χ0) is 34.7. The van der Waals surface area contributed by atoms with Crippen LogP contribution < -0.4 is 16.4 Å². The second-order valence-corrected chi connectivity index (χ2v) is 11.2. The molecule has 0 aromatic rings. The van der Waals surface area contributed by atoms with Gasteiger partial charge in [-0.1, -0.05) is 79.8 Å². The Morgan fingerprint density at radius 1 is 0.804 bits per heavy atom. The molecule has 9 N–H and O–H groups in total. The first-order chi connectivity index (χ1) is 21.9. The van der Waals surface area contributed by atoms with E-state index in [1.165, 1.54) is 0 Å². The second kappa shape index (κ2) is 26.3. The van der Waals surface area contributed by atoms with Gasteiger partial charge in [0.05, 0.1) is 12.2 Å². The quantitative estimate of drug-likeness (QED) is 0.0517. The van der Waals surface area contributed by atoms with Crippen molar-refractivity contribution in [3.05, 3.63) is 72.9 Å². The molecule has 0 bridgehead atoms. The molecule has 0 aliphatic heterocycles. The summed E-state index contributed by atoms with van der Waals surface area (Å²) in [6.45, 7) is 1.33. The number of aliphatic hydroxyl groups is 2. The van der Waals surface area contributed by atoms with E-state index in [2.05, 4.69) is 10.6 Å². The number of rotatable bonds is 25. The molecule has 46 heavy (non-hydrogen) atoms. The van der Waals surface area contributed by atoms with E-state index < -0.39 is 65.8 Å². The third-order valence-electron chi connectivity index (χ3n) is 5.94. The van der Waals surface area contributed by atoms with Gasteiger partial charge in [0.15, 0.2) is 0 Å². The summed E-state index contributed by atoms with van der Waals surface area (Å²) in [5.74, 6) is -5.02. The Morgan fingerprint density at radius 3 is 2.04 bits per heavy atom. The fourth-order valence-electron chi connectivity index (χ4n) is 3.45. The van der Waals surface area contributed by atoms with Gasteiger partial charge in [-0.05, 0) is 32.1 Å². The molecule has 2 amide bonds. The molecule has 0 aromatic carbocycles. The predicted octanol–water partition coefficient (Wildman–Crippen LogP) is 2.08. The predicted molar refractivity (Wildman–Crippen MR) is 177 cm³/mol. The maximum Gasteiger partial charge on any atom is 0.322 e. The third kappa shape index (κ3) is 23.4. The van der Waals surface area contributed by atoms with Crippen molar-refractivity contribution >= 4 is 41.5 Å². The fourth-order valence-corrected chi connectivity index (χ4v) is 4.63. The van der Waals surface area contributed by atoms with Crippen molar-refractivity contribution < 1.29 is 49.5 Å². The minimum atomic E-state index is -1.29. The van der Waals surface area contributed by atoms with Crippen molar-refractivity contribution in [1.82, 2.24) is 10.6 Å². The van der Waals surface area contributed by atoms with E-state index in [1.54, 1.807) is 60.8 Å². The monoisotopic (exact) mass is 665 g/mol. The first kappa shape index (κ1) is 42.0. The minimum Gasteiger partial charge on any atom is -0.481 e. The molecule has 0 saturated heterocycles. The maximum atomic E-state index is 12.7. The van der Waals surface area contributed by atoms with Crippen LogP contribution in [0.3, 0.4) is 0 Å². The molecule has 0 fully saturated rings. The summed E-state index contributed by atoms with van der Waals surface area (Å²) in [7, 11) is 0. The first-order valence-corrected chi connectivity index (χ1v) is 15.9. The second-order valence-electron chi connectivity index (χ2n) is 9.94. The summed E-state index contributed by atoms with van der Waals surface area (Å²) < 4.78 is 0. The third-order valence-corrected chi connectivity index (χ3v) is 7.32. The molecule has 0 radical (unpaired) electrons. The number of aliphatic hydroxyl groups excluding tert-OH is 2. The van der Waals surface area contributed by atoms with Gasteiger partial charge < -0.3 is 41.9 Å². The van der Waals surface area contributed by atoms with Gasteiger partial charge in [0.25, 0.3) is 0 Å². The van der Waals surface area contributed by atoms with E-state index >= 15 is 0 Å². The van der Waals surface area contributed by atoms with Crippen molar-refractivity contribution in [2.24, 2.45) is 5.73 Å². The molecule has 0 heterocycles. The van der Waals surface area contributed by atoms with Crippen LogP contribution in [0.2, 0.25) is 0 Å². The summed E-state index contributed by atoms with van der Waals surface area (Å²) in [5.41, 5.74) is 5.44. The lowest BCUT2D eigenvalue weighted by molar-refractivity contribution is -0.139. The van der Waals surface area contributed by atoms with Gasteiger partial charge in [-0.3, -0.25) is 24.0 Å². The normalized spacial score (nSPS) is 15.6. The lowest BCUT2D eigenvalue weighted by Crippen LogP contribution is -2.50. The van der Waals surface area contributed by atoms with Gasteiger partial charge in [-0.2, -0.15) is 0 Å². The largest absolute Gasteiger partial charge is 0.481 e. The Morgan fingerprint density at radius 2 is 1.43 bits per heavy atom. The molecule has 0 aliphatic rings. The number of hydrogen-bond acceptors (Lipinski definition) is 9. The highest BCUT2D eigenvalue weighted by Crippen LogP contribution is 2.21. The number of carbonyl (C=O) groups excluding carboxylic acids is 2. The van der Waals surface area contributed by atoms with Gasteiger partial charge in [-0.15, -0.1) is 11.8 Å². The van der Waals surface area contributed by atoms with Crippen LogP contribution >= 0.6 is 11.8 Å². The number of allylic oxidation sites excluding steroid dienone is 8. The summed E-state index contributed by atoms with van der Waals surface area (Å²) >= 11 is 1.12. The molecule has 0 rings (SSSR count). The molecule has 13 nitrogen and oxygen atoms in total. The summed E-state index contributed by atoms with van der Waals surface area (Å²) in [5, 5.41) is 51.5. The molecule has 0 aliphatic carbocycles. The Bertz CT molecular complexity index is 1130. The van der Waals surface area contributed by atoms with Gasteiger partial charge >= 0.3 is 17.9 Å². The molecule has 5 atom stereocenters. The molecule has 0 unspecified atom stereocenters. The van der Waals surface area contributed by atoms with Crippen molar-refractivity contribution in [2.75, 3.05) is 12.3 Å². The zero-order valence-corrected chi connectivity index (χ0v) is 26.8. The topological polar surface area (TPSA) is 237 Å². The minimum absolute atomic E-state index is 0.0583. The van der Waals surface area contributed by atoms with Crippen molar-refractivity contribution in [3.63, 3.8) is 0 Å². The number of carboxylic acid groups (broad SMARTS) is 3. The number of aliphatic carboxylic acids is 3. The van der Waals surface area contributed by atoms with E-state index in [9.17, 15) is 34.2 Å². The first-order valence-electron chi connectivity index (χ1n) is 14.8. The van der Waals surface area contributed by atoms with Crippen LogP contribution in [0.15, 0.2) is 72.9 Å². The van der Waals surface area contributed by atoms with Gasteiger partial charge in [-0.25, -0.2) is 0 Å². The Labute approximate surface area is 273 Å². The van der Waals surface area contributed by atoms with E-state index in [0.717, 1.165) is 18.2 Å². The van der Waals surface area contributed by atoms with Crippen LogP contribution in [0.25, 0.3) is 0 Å². The van der Waals surface area contributed by atoms with Crippen LogP contribution in [0.5, 0.6) is 0 Å². The smallest absolute Gasteiger partial charge is 0.322 e. The molecule has 0 spiro atoms. The number of amides is 2. The summed E-state index contributed by atoms with van der Waals surface area (Å²) in [6.07, 6.45) is 20.7. The Balaban J connectivity index is 5.59. The highest BCUT2D eigenvalue weighted by atomic mass is 32.2. The molecule has 256 valence electrons. The SMILES string of the molecule is CC/C=C\C[C@H](O)/C=C/C=C\C=CC=C[C@H](SC[C@H](NC(=O)CC[C@H](N)C(=O)O)C(=O)NCC(=O)O)[C@H](O)C/C=C\CCC(=O)O. The standard InChI is InChI=1S/C32H47N3O10S/c1-2-3-9-14-23(36)15-10-6-4-5-7-12-17-27(26(37)16-11-8-13-18-29(39)40)46-22-25(31(43)34-21-30(41)42)35-28(38)20-19-24(33)32(44)45/h3-12,15,17,23-27,36-37H,2,13-14,16,18-22,33H2,1H3,(H,34,43)(H,35,38)(H,39,40)(H,41,42)(H,44,45)/b6-4-,7-5?,9-3-,11-8-,15-10+,17-12?/t23-,24-,25-,26+,27-/m0/s1. The highest BCUT2D eigenvalue weighted by Gasteiger charge is 2.25. The Hall–Kier alpha value is -3.98. The fraction of sp³-hybridized carbons (Fsp3) is 0.469. The van der Waals surface area contributed by atoms with Crippen LogP contribution in [0.4, 0.5) is 0 Å². The van der Waals surface area contributed by atoms with Crippen molar-refractivity contribution in [1.29, 1.82) is 0 Å². The van der Waals surface area contributed by atoms with Crippen molar-refractivity contribution in [2.45, 2.75) is 81.4 Å². The summed E-state index contributed by atoms with van der Waals surface area (Å²) in [6, 6.07) is -2.48. The number of hydrogen-bond donors (Lipinski definition) is 8. The number of carbonyl (C=O) groups is 5. The molecule has 14 heteroatoms. The lowest BCUT2D eigenvalue weighted by atomic mass is 10.1. The van der Waals surface area contributed by atoms with Gasteiger partial charge in [0.2, 0.25) is 11.8 Å². The lowest BCUT2D eigenvalue weighted by Gasteiger charge is -2.23. The van der Waals surface area contributed by atoms with Crippen LogP contribution in [0.1, 0.15) is 51.9 Å². The van der Waals surface area contributed by atoms with E-state index in [-0.39, 0.29) is 37.9 Å². The molecule has 0 aromatic heterocycles. The van der Waals surface area contributed by atoms with E-state index in [4.69, 9.17) is 21.1 Å². The highest BCUT2D eigenvalue weighted by molar-refractivity contribution is 8.00. The molecular weight excluding hydrogens is 618 g/mol. The molecular formula is C32H47N3O10S. The van der Waals surface area contributed by atoms with Crippen LogP contribution in [0, 0.1) is 0 Å². The van der Waals surface area contributed by atoms with Gasteiger partial charge in [0, 0.05) is 23.8 Å². The zero-order valence-electron chi connectivity index (χ0n) is 25.9. The Kier molecular flexibility index (Phi) is 24.0. The maximum absolute atomic E-state index is 12.7. The number of carboxylic acids is 3. The number of thioether (sulfide) groups is 1. The average molecular weight is 666 g/mol. The van der Waals surface area contributed by atoms with E-state index in [0.29, 0.717) is 6.42 Å². The summed E-state index contributed by atoms with van der Waals surface area (Å²) in [4.78, 5) is 57.8. The van der Waals surface area contributed by atoms with Crippen molar-refractivity contribution in [3.8, 4) is 0 Å². The number of nitrogens with two attached hydrogens (primary N) is 1. The van der Waals surface area contributed by atoms with E-state index in [1.807, 2.05) is 19.1 Å². The van der Waals surface area contributed by atoms with Gasteiger partial charge in [0.1, 0.15) is 18.6 Å². The number of nitrogens with one attached hydrogen (secondary N) is 2. The van der Waals surface area contributed by atoms with Crippen LogP contribution in [-0.2, 0) is 24.0 Å². The molecule has 0 saturated carbocycles. The van der Waals surface area contributed by atoms with Crippen LogP contribution in [-0.4, -0.2) is 97.1 Å².